The molecule has 0 fully saturated rings. The Morgan fingerprint density at radius 2 is 2.18 bits per heavy atom. The molecule has 0 atom stereocenters. The number of nitrogens with zero attached hydrogens (tertiary/aromatic N) is 1. The van der Waals surface area contributed by atoms with Crippen LogP contribution < -0.4 is 0 Å². The molecule has 116 valence electrons. The molecular weight excluding hydrogens is 383 g/mol. The summed E-state index contributed by atoms with van der Waals surface area (Å²) in [6.45, 7) is 5.50. The fourth-order valence-electron chi connectivity index (χ4n) is 3.16. The lowest BCUT2D eigenvalue weighted by Gasteiger charge is -2.21. The standard InChI is InChI=1S/C19H23IN2/c1-2-15(13-20)14-22-11-6-5-9-19-17(10-12-22)16-7-3-4-8-18(16)21-19/h3-8,13,21H,2,9-12,14H2,1H3/b6-5-,15-13-. The summed E-state index contributed by atoms with van der Waals surface area (Å²) >= 11 is 2.37. The van der Waals surface area contributed by atoms with Crippen molar-refractivity contribution in [1.82, 2.24) is 9.88 Å². The molecule has 3 heteroatoms. The van der Waals surface area contributed by atoms with Gasteiger partial charge in [0.25, 0.3) is 0 Å². The Morgan fingerprint density at radius 3 is 3.00 bits per heavy atom. The number of para-hydroxylation sites is 1. The number of benzene rings is 1. The molecule has 2 heterocycles. The van der Waals surface area contributed by atoms with Gasteiger partial charge < -0.3 is 4.98 Å². The fraction of sp³-hybridized carbons (Fsp3) is 0.368. The van der Waals surface area contributed by atoms with Crippen molar-refractivity contribution in [2.75, 3.05) is 19.6 Å². The molecule has 2 aromatic rings. The smallest absolute Gasteiger partial charge is 0.0459 e. The number of aromatic nitrogens is 1. The minimum absolute atomic E-state index is 1.01. The molecule has 1 aromatic carbocycles. The van der Waals surface area contributed by atoms with Crippen LogP contribution in [0.4, 0.5) is 0 Å². The maximum atomic E-state index is 3.61. The van der Waals surface area contributed by atoms with E-state index in [2.05, 4.69) is 79.9 Å². The molecule has 1 aliphatic heterocycles. The number of aromatic amines is 1. The Bertz CT molecular complexity index is 697. The quantitative estimate of drug-likeness (QED) is 0.570. The van der Waals surface area contributed by atoms with Crippen LogP contribution in [0.3, 0.4) is 0 Å². The van der Waals surface area contributed by atoms with Crippen LogP contribution >= 0.6 is 22.6 Å². The molecule has 0 unspecified atom stereocenters. The van der Waals surface area contributed by atoms with Crippen LogP contribution in [0.1, 0.15) is 24.6 Å². The second kappa shape index (κ2) is 7.47. The molecule has 1 aromatic heterocycles. The van der Waals surface area contributed by atoms with E-state index < -0.39 is 0 Å². The topological polar surface area (TPSA) is 19.0 Å². The number of hydrogen-bond acceptors (Lipinski definition) is 1. The minimum atomic E-state index is 1.01. The van der Waals surface area contributed by atoms with Crippen molar-refractivity contribution in [3.8, 4) is 0 Å². The maximum absolute atomic E-state index is 3.61. The molecule has 3 rings (SSSR count). The van der Waals surface area contributed by atoms with Gasteiger partial charge in [-0.2, -0.15) is 0 Å². The summed E-state index contributed by atoms with van der Waals surface area (Å²) in [5.74, 6) is 0. The Kier molecular flexibility index (Phi) is 5.37. The molecule has 1 N–H and O–H groups in total. The van der Waals surface area contributed by atoms with Gasteiger partial charge in [-0.1, -0.05) is 65.4 Å². The molecule has 1 aliphatic rings. The highest BCUT2D eigenvalue weighted by molar-refractivity contribution is 14.1. The van der Waals surface area contributed by atoms with Crippen molar-refractivity contribution >= 4 is 33.5 Å². The van der Waals surface area contributed by atoms with E-state index in [1.54, 1.807) is 0 Å². The molecular formula is C19H23IN2. The van der Waals surface area contributed by atoms with Crippen molar-refractivity contribution in [2.24, 2.45) is 0 Å². The largest absolute Gasteiger partial charge is 0.358 e. The third-order valence-corrected chi connectivity index (χ3v) is 5.35. The monoisotopic (exact) mass is 406 g/mol. The third kappa shape index (κ3) is 3.46. The number of fused-ring (bicyclic) bond motifs is 3. The van der Waals surface area contributed by atoms with Crippen LogP contribution in [0.2, 0.25) is 0 Å². The van der Waals surface area contributed by atoms with E-state index in [0.717, 1.165) is 38.9 Å². The van der Waals surface area contributed by atoms with Gasteiger partial charge in [0, 0.05) is 42.7 Å². The third-order valence-electron chi connectivity index (χ3n) is 4.47. The number of nitrogens with one attached hydrogen (secondary N) is 1. The molecule has 2 nitrogen and oxygen atoms in total. The van der Waals surface area contributed by atoms with Gasteiger partial charge in [-0.05, 0) is 28.6 Å². The van der Waals surface area contributed by atoms with Crippen molar-refractivity contribution in [3.63, 3.8) is 0 Å². The van der Waals surface area contributed by atoms with Gasteiger partial charge in [0.15, 0.2) is 0 Å². The highest BCUT2D eigenvalue weighted by Gasteiger charge is 2.14. The number of allylic oxidation sites excluding steroid dienone is 1. The summed E-state index contributed by atoms with van der Waals surface area (Å²) in [7, 11) is 0. The summed E-state index contributed by atoms with van der Waals surface area (Å²) < 4.78 is 2.24. The van der Waals surface area contributed by atoms with E-state index in [-0.39, 0.29) is 0 Å². The van der Waals surface area contributed by atoms with Crippen molar-refractivity contribution in [2.45, 2.75) is 26.2 Å². The Hall–Kier alpha value is -1.07. The Labute approximate surface area is 146 Å². The molecule has 0 radical (unpaired) electrons. The number of rotatable bonds is 3. The predicted octanol–water partition coefficient (Wildman–Crippen LogP) is 4.85. The molecule has 0 saturated carbocycles. The van der Waals surface area contributed by atoms with E-state index in [1.165, 1.54) is 27.7 Å². The lowest BCUT2D eigenvalue weighted by molar-refractivity contribution is 0.330. The van der Waals surface area contributed by atoms with Crippen molar-refractivity contribution in [1.29, 1.82) is 0 Å². The maximum Gasteiger partial charge on any atom is 0.0459 e. The molecule has 22 heavy (non-hydrogen) atoms. The van der Waals surface area contributed by atoms with E-state index in [1.807, 2.05) is 0 Å². The van der Waals surface area contributed by atoms with Crippen molar-refractivity contribution < 1.29 is 0 Å². The second-order valence-electron chi connectivity index (χ2n) is 5.91. The Balaban J connectivity index is 1.85. The van der Waals surface area contributed by atoms with E-state index in [0.29, 0.717) is 0 Å². The molecule has 0 saturated heterocycles. The van der Waals surface area contributed by atoms with E-state index >= 15 is 0 Å². The zero-order valence-electron chi connectivity index (χ0n) is 13.1. The summed E-state index contributed by atoms with van der Waals surface area (Å²) in [6, 6.07) is 8.69. The molecule has 0 amide bonds. The van der Waals surface area contributed by atoms with Crippen LogP contribution in [0.25, 0.3) is 10.9 Å². The zero-order chi connectivity index (χ0) is 15.4. The first-order valence-electron chi connectivity index (χ1n) is 8.05. The van der Waals surface area contributed by atoms with Gasteiger partial charge in [-0.25, -0.2) is 0 Å². The number of H-pyrrole nitrogens is 1. The lowest BCUT2D eigenvalue weighted by atomic mass is 10.1. The van der Waals surface area contributed by atoms with E-state index in [9.17, 15) is 0 Å². The summed E-state index contributed by atoms with van der Waals surface area (Å²) in [5.41, 5.74) is 5.69. The summed E-state index contributed by atoms with van der Waals surface area (Å²) in [4.78, 5) is 6.16. The predicted molar refractivity (Wildman–Crippen MR) is 104 cm³/mol. The summed E-state index contributed by atoms with van der Waals surface area (Å²) in [6.07, 6.45) is 7.91. The van der Waals surface area contributed by atoms with Crippen LogP contribution in [0, 0.1) is 0 Å². The van der Waals surface area contributed by atoms with Crippen LogP contribution in [-0.4, -0.2) is 29.5 Å². The van der Waals surface area contributed by atoms with Gasteiger partial charge in [0.05, 0.1) is 0 Å². The second-order valence-corrected chi connectivity index (χ2v) is 6.53. The molecule has 0 bridgehead atoms. The SMILES string of the molecule is CC/C(=C/I)CN1C/C=C\Cc2[nH]c3ccccc3c2CC1. The van der Waals surface area contributed by atoms with Crippen LogP contribution in [-0.2, 0) is 12.8 Å². The first-order valence-corrected chi connectivity index (χ1v) is 9.30. The average Bonchev–Trinajstić information content (AvgIpc) is 2.93. The minimum Gasteiger partial charge on any atom is -0.358 e. The normalized spacial score (nSPS) is 18.5. The first-order chi connectivity index (χ1) is 10.8. The van der Waals surface area contributed by atoms with Crippen LogP contribution in [0.15, 0.2) is 46.1 Å². The highest BCUT2D eigenvalue weighted by Crippen LogP contribution is 2.24. The highest BCUT2D eigenvalue weighted by atomic mass is 127. The van der Waals surface area contributed by atoms with Crippen LogP contribution in [0.5, 0.6) is 0 Å². The molecule has 0 aliphatic carbocycles. The van der Waals surface area contributed by atoms with Gasteiger partial charge >= 0.3 is 0 Å². The summed E-state index contributed by atoms with van der Waals surface area (Å²) in [5, 5.41) is 1.40. The Morgan fingerprint density at radius 1 is 1.32 bits per heavy atom. The van der Waals surface area contributed by atoms with Crippen molar-refractivity contribution in [3.05, 3.63) is 57.3 Å². The van der Waals surface area contributed by atoms with Gasteiger partial charge in [0.1, 0.15) is 0 Å². The molecule has 0 spiro atoms. The van der Waals surface area contributed by atoms with Gasteiger partial charge in [-0.3, -0.25) is 4.90 Å². The lowest BCUT2D eigenvalue weighted by Crippen LogP contribution is -2.28. The van der Waals surface area contributed by atoms with Gasteiger partial charge in [0.2, 0.25) is 0 Å². The number of hydrogen-bond donors (Lipinski definition) is 1. The fourth-order valence-corrected chi connectivity index (χ4v) is 3.79. The van der Waals surface area contributed by atoms with Gasteiger partial charge in [-0.15, -0.1) is 0 Å². The zero-order valence-corrected chi connectivity index (χ0v) is 15.3. The average molecular weight is 406 g/mol. The number of halogens is 1. The van der Waals surface area contributed by atoms with E-state index in [4.69, 9.17) is 0 Å². The first kappa shape index (κ1) is 15.8.